The van der Waals surface area contributed by atoms with E-state index in [-0.39, 0.29) is 18.6 Å². The summed E-state index contributed by atoms with van der Waals surface area (Å²) in [5, 5.41) is 6.65. The lowest BCUT2D eigenvalue weighted by atomic mass is 10.0. The number of carbonyl (C=O) groups is 1. The molecule has 2 aromatic rings. The molecule has 27 heavy (non-hydrogen) atoms. The largest absolute Gasteiger partial charge is 0.484 e. The van der Waals surface area contributed by atoms with Crippen LogP contribution in [-0.4, -0.2) is 47.5 Å². The van der Waals surface area contributed by atoms with Crippen LogP contribution in [0.25, 0.3) is 0 Å². The predicted octanol–water partition coefficient (Wildman–Crippen LogP) is 1.91. The van der Waals surface area contributed by atoms with E-state index in [9.17, 15) is 4.79 Å². The third-order valence-electron chi connectivity index (χ3n) is 5.15. The maximum atomic E-state index is 12.6. The molecule has 4 rings (SSSR count). The highest BCUT2D eigenvalue weighted by Crippen LogP contribution is 2.28. The van der Waals surface area contributed by atoms with E-state index < -0.39 is 0 Å². The Hall–Kier alpha value is -2.67. The van der Waals surface area contributed by atoms with Crippen LogP contribution < -0.4 is 15.4 Å². The SMILES string of the molecule is CNc1nc(C2CCCN2)nc2c1CCN(C(=O)COc1ccccc1)C2. The fraction of sp³-hybridized carbons (Fsp3) is 0.450. The summed E-state index contributed by atoms with van der Waals surface area (Å²) in [4.78, 5) is 24.0. The van der Waals surface area contributed by atoms with Crippen LogP contribution >= 0.6 is 0 Å². The Labute approximate surface area is 159 Å². The highest BCUT2D eigenvalue weighted by Gasteiger charge is 2.27. The second-order valence-electron chi connectivity index (χ2n) is 6.92. The van der Waals surface area contributed by atoms with E-state index in [1.807, 2.05) is 42.3 Å². The highest BCUT2D eigenvalue weighted by molar-refractivity contribution is 5.78. The quantitative estimate of drug-likeness (QED) is 0.840. The molecule has 7 heteroatoms. The number of aromatic nitrogens is 2. The van der Waals surface area contributed by atoms with Gasteiger partial charge in [0.1, 0.15) is 17.4 Å². The molecule has 1 fully saturated rings. The van der Waals surface area contributed by atoms with Crippen molar-refractivity contribution in [2.45, 2.75) is 31.8 Å². The van der Waals surface area contributed by atoms with Gasteiger partial charge in [0.05, 0.1) is 18.3 Å². The summed E-state index contributed by atoms with van der Waals surface area (Å²) in [6, 6.07) is 9.62. The van der Waals surface area contributed by atoms with E-state index in [1.165, 1.54) is 0 Å². The van der Waals surface area contributed by atoms with Crippen LogP contribution in [0.4, 0.5) is 5.82 Å². The first-order valence-electron chi connectivity index (χ1n) is 9.51. The Bertz CT molecular complexity index is 806. The normalized spacial score (nSPS) is 18.9. The average molecular weight is 367 g/mol. The Morgan fingerprint density at radius 1 is 1.33 bits per heavy atom. The van der Waals surface area contributed by atoms with Crippen molar-refractivity contribution in [2.24, 2.45) is 0 Å². The first-order chi connectivity index (χ1) is 13.2. The number of nitrogens with one attached hydrogen (secondary N) is 2. The zero-order chi connectivity index (χ0) is 18.6. The molecule has 1 aromatic heterocycles. The number of amides is 1. The number of ether oxygens (including phenoxy) is 1. The van der Waals surface area contributed by atoms with Crippen molar-refractivity contribution >= 4 is 11.7 Å². The fourth-order valence-electron chi connectivity index (χ4n) is 3.68. The van der Waals surface area contributed by atoms with Gasteiger partial charge in [0, 0.05) is 19.2 Å². The standard InChI is InChI=1S/C20H25N5O2/c1-21-19-15-9-11-25(18(26)13-27-14-6-3-2-4-7-14)12-17(15)23-20(24-19)16-8-5-10-22-16/h2-4,6-7,16,22H,5,8-13H2,1H3,(H,21,23,24). The van der Waals surface area contributed by atoms with Crippen LogP contribution in [0, 0.1) is 0 Å². The van der Waals surface area contributed by atoms with Gasteiger partial charge in [0.2, 0.25) is 0 Å². The first kappa shape index (κ1) is 17.7. The zero-order valence-corrected chi connectivity index (χ0v) is 15.6. The average Bonchev–Trinajstić information content (AvgIpc) is 3.26. The van der Waals surface area contributed by atoms with Crippen molar-refractivity contribution in [3.8, 4) is 5.75 Å². The van der Waals surface area contributed by atoms with Gasteiger partial charge in [0.15, 0.2) is 6.61 Å². The molecule has 0 radical (unpaired) electrons. The molecule has 0 aliphatic carbocycles. The molecule has 1 saturated heterocycles. The van der Waals surface area contributed by atoms with E-state index in [0.29, 0.717) is 18.8 Å². The molecule has 2 aliphatic heterocycles. The Morgan fingerprint density at radius 2 is 2.19 bits per heavy atom. The van der Waals surface area contributed by atoms with Gasteiger partial charge in [-0.15, -0.1) is 0 Å². The summed E-state index contributed by atoms with van der Waals surface area (Å²) in [6.07, 6.45) is 2.94. The Kier molecular flexibility index (Phi) is 5.20. The van der Waals surface area contributed by atoms with Crippen molar-refractivity contribution in [2.75, 3.05) is 32.1 Å². The van der Waals surface area contributed by atoms with E-state index in [0.717, 1.165) is 48.7 Å². The second-order valence-corrected chi connectivity index (χ2v) is 6.92. The minimum absolute atomic E-state index is 0.0188. The molecule has 2 N–H and O–H groups in total. The molecule has 142 valence electrons. The molecule has 1 amide bonds. The van der Waals surface area contributed by atoms with Crippen LogP contribution in [0.3, 0.4) is 0 Å². The minimum Gasteiger partial charge on any atom is -0.484 e. The minimum atomic E-state index is -0.0188. The number of rotatable bonds is 5. The number of para-hydroxylation sites is 1. The van der Waals surface area contributed by atoms with E-state index in [2.05, 4.69) is 10.6 Å². The molecule has 2 aliphatic rings. The summed E-state index contributed by atoms with van der Waals surface area (Å²) in [6.45, 7) is 2.20. The number of benzene rings is 1. The molecule has 3 heterocycles. The van der Waals surface area contributed by atoms with E-state index >= 15 is 0 Å². The number of hydrogen-bond donors (Lipinski definition) is 2. The molecular weight excluding hydrogens is 342 g/mol. The topological polar surface area (TPSA) is 79.4 Å². The number of carbonyl (C=O) groups excluding carboxylic acids is 1. The van der Waals surface area contributed by atoms with Crippen molar-refractivity contribution < 1.29 is 9.53 Å². The van der Waals surface area contributed by atoms with E-state index in [4.69, 9.17) is 14.7 Å². The summed E-state index contributed by atoms with van der Waals surface area (Å²) in [5.41, 5.74) is 2.06. The smallest absolute Gasteiger partial charge is 0.260 e. The van der Waals surface area contributed by atoms with Crippen molar-refractivity contribution in [3.05, 3.63) is 47.4 Å². The van der Waals surface area contributed by atoms with Crippen LogP contribution in [0.5, 0.6) is 5.75 Å². The Morgan fingerprint density at radius 3 is 2.93 bits per heavy atom. The highest BCUT2D eigenvalue weighted by atomic mass is 16.5. The van der Waals surface area contributed by atoms with Crippen LogP contribution in [0.15, 0.2) is 30.3 Å². The third kappa shape index (κ3) is 3.88. The molecule has 0 bridgehead atoms. The van der Waals surface area contributed by atoms with Gasteiger partial charge in [-0.05, 0) is 37.9 Å². The number of hydrogen-bond acceptors (Lipinski definition) is 6. The summed E-state index contributed by atoms with van der Waals surface area (Å²) in [5.74, 6) is 2.40. The summed E-state index contributed by atoms with van der Waals surface area (Å²) < 4.78 is 5.61. The molecule has 0 saturated carbocycles. The Balaban J connectivity index is 1.47. The van der Waals surface area contributed by atoms with Crippen molar-refractivity contribution in [1.82, 2.24) is 20.2 Å². The summed E-state index contributed by atoms with van der Waals surface area (Å²) >= 11 is 0. The maximum Gasteiger partial charge on any atom is 0.260 e. The lowest BCUT2D eigenvalue weighted by Gasteiger charge is -2.29. The molecule has 1 unspecified atom stereocenters. The lowest BCUT2D eigenvalue weighted by Crippen LogP contribution is -2.40. The van der Waals surface area contributed by atoms with Gasteiger partial charge < -0.3 is 20.3 Å². The van der Waals surface area contributed by atoms with Gasteiger partial charge in [0.25, 0.3) is 5.91 Å². The first-order valence-corrected chi connectivity index (χ1v) is 9.51. The van der Waals surface area contributed by atoms with Crippen molar-refractivity contribution in [1.29, 1.82) is 0 Å². The van der Waals surface area contributed by atoms with Crippen molar-refractivity contribution in [3.63, 3.8) is 0 Å². The van der Waals surface area contributed by atoms with Crippen LogP contribution in [0.1, 0.15) is 36.0 Å². The third-order valence-corrected chi connectivity index (χ3v) is 5.15. The second kappa shape index (κ2) is 7.92. The number of fused-ring (bicyclic) bond motifs is 1. The van der Waals surface area contributed by atoms with Gasteiger partial charge in [-0.3, -0.25) is 4.79 Å². The monoisotopic (exact) mass is 367 g/mol. The number of nitrogens with zero attached hydrogens (tertiary/aromatic N) is 3. The molecule has 0 spiro atoms. The zero-order valence-electron chi connectivity index (χ0n) is 15.6. The predicted molar refractivity (Wildman–Crippen MR) is 103 cm³/mol. The number of anilines is 1. The van der Waals surface area contributed by atoms with E-state index in [1.54, 1.807) is 0 Å². The fourth-order valence-corrected chi connectivity index (χ4v) is 3.68. The van der Waals surface area contributed by atoms with Gasteiger partial charge in [-0.25, -0.2) is 9.97 Å². The van der Waals surface area contributed by atoms with Gasteiger partial charge in [-0.1, -0.05) is 18.2 Å². The summed E-state index contributed by atoms with van der Waals surface area (Å²) in [7, 11) is 1.89. The van der Waals surface area contributed by atoms with Crippen LogP contribution in [0.2, 0.25) is 0 Å². The van der Waals surface area contributed by atoms with Gasteiger partial charge >= 0.3 is 0 Å². The maximum absolute atomic E-state index is 12.6. The molecular formula is C20H25N5O2. The van der Waals surface area contributed by atoms with Gasteiger partial charge in [-0.2, -0.15) is 0 Å². The van der Waals surface area contributed by atoms with Crippen LogP contribution in [-0.2, 0) is 17.8 Å². The lowest BCUT2D eigenvalue weighted by molar-refractivity contribution is -0.134. The molecule has 7 nitrogen and oxygen atoms in total. The molecule has 1 aromatic carbocycles. The molecule has 1 atom stereocenters.